The summed E-state index contributed by atoms with van der Waals surface area (Å²) in [4.78, 5) is 31.5. The zero-order valence-corrected chi connectivity index (χ0v) is 21.1. The standard InChI is InChI=1S/C28H37FN2O5/c1-2-3-14-35-21-7-4-6-19(17-21)25-24-26(32)22-18-20(29)8-9-23(22)36-27(24)28(33)31(25)11-5-10-30-12-15-34-16-13-30/h4,6-7,17,20,22-23,25H,2-3,5,8-16,18H2,1H3. The minimum absolute atomic E-state index is 0.130. The number of halogens is 1. The third-order valence-electron chi connectivity index (χ3n) is 7.80. The van der Waals surface area contributed by atoms with Crippen LogP contribution in [0.1, 0.15) is 57.1 Å². The third kappa shape index (κ3) is 5.16. The predicted molar refractivity (Wildman–Crippen MR) is 132 cm³/mol. The molecule has 3 aliphatic heterocycles. The fourth-order valence-corrected chi connectivity index (χ4v) is 5.84. The van der Waals surface area contributed by atoms with Crippen LogP contribution in [0.2, 0.25) is 0 Å². The molecule has 4 atom stereocenters. The highest BCUT2D eigenvalue weighted by molar-refractivity contribution is 6.11. The van der Waals surface area contributed by atoms with Gasteiger partial charge in [-0.1, -0.05) is 25.5 Å². The zero-order chi connectivity index (χ0) is 25.1. The van der Waals surface area contributed by atoms with Crippen LogP contribution < -0.4 is 4.74 Å². The number of Topliss-reactive ketones (excluding diaryl/α,β-unsaturated/α-hetero) is 1. The van der Waals surface area contributed by atoms with E-state index in [9.17, 15) is 14.0 Å². The average molecular weight is 501 g/mol. The summed E-state index contributed by atoms with van der Waals surface area (Å²) in [7, 11) is 0. The van der Waals surface area contributed by atoms with Crippen LogP contribution >= 0.6 is 0 Å². The van der Waals surface area contributed by atoms with E-state index in [4.69, 9.17) is 14.2 Å². The van der Waals surface area contributed by atoms with Gasteiger partial charge in [-0.15, -0.1) is 0 Å². The van der Waals surface area contributed by atoms with Crippen molar-refractivity contribution in [1.29, 1.82) is 0 Å². The van der Waals surface area contributed by atoms with Gasteiger partial charge in [0.15, 0.2) is 11.5 Å². The van der Waals surface area contributed by atoms with Crippen LogP contribution in [0.5, 0.6) is 5.75 Å². The van der Waals surface area contributed by atoms with Crippen molar-refractivity contribution in [1.82, 2.24) is 9.80 Å². The van der Waals surface area contributed by atoms with Gasteiger partial charge < -0.3 is 19.1 Å². The van der Waals surface area contributed by atoms with Crippen LogP contribution in [-0.2, 0) is 19.1 Å². The Labute approximate surface area is 212 Å². The Hall–Kier alpha value is -2.45. The second-order valence-electron chi connectivity index (χ2n) is 10.3. The number of carbonyl (C=O) groups excluding carboxylic acids is 2. The van der Waals surface area contributed by atoms with E-state index >= 15 is 0 Å². The number of benzene rings is 1. The Kier molecular flexibility index (Phi) is 7.91. The van der Waals surface area contributed by atoms with E-state index in [1.54, 1.807) is 4.90 Å². The first-order chi connectivity index (χ1) is 17.6. The summed E-state index contributed by atoms with van der Waals surface area (Å²) < 4.78 is 31.8. The fourth-order valence-electron chi connectivity index (χ4n) is 5.84. The molecule has 4 unspecified atom stereocenters. The number of hydrogen-bond donors (Lipinski definition) is 0. The van der Waals surface area contributed by atoms with Crippen molar-refractivity contribution in [3.05, 3.63) is 41.2 Å². The summed E-state index contributed by atoms with van der Waals surface area (Å²) in [5.41, 5.74) is 1.23. The molecule has 0 N–H and O–H groups in total. The monoisotopic (exact) mass is 500 g/mol. The Bertz CT molecular complexity index is 992. The lowest BCUT2D eigenvalue weighted by Crippen LogP contribution is -2.42. The first-order valence-corrected chi connectivity index (χ1v) is 13.5. The number of fused-ring (bicyclic) bond motifs is 1. The molecule has 1 aliphatic carbocycles. The van der Waals surface area contributed by atoms with E-state index in [1.807, 2.05) is 24.3 Å². The number of hydrogen-bond acceptors (Lipinski definition) is 6. The summed E-state index contributed by atoms with van der Waals surface area (Å²) in [6.45, 7) is 7.32. The molecule has 0 spiro atoms. The first kappa shape index (κ1) is 25.2. The summed E-state index contributed by atoms with van der Waals surface area (Å²) in [6.07, 6.45) is 2.35. The van der Waals surface area contributed by atoms with E-state index in [-0.39, 0.29) is 23.9 Å². The summed E-state index contributed by atoms with van der Waals surface area (Å²) in [6, 6.07) is 7.13. The molecule has 3 heterocycles. The van der Waals surface area contributed by atoms with Crippen molar-refractivity contribution < 1.29 is 28.2 Å². The fraction of sp³-hybridized carbons (Fsp3) is 0.643. The number of ketones is 1. The SMILES string of the molecule is CCCCOc1cccc(C2C3=C(OC4CCC(F)CC4C3=O)C(=O)N2CCCN2CCOCC2)c1. The minimum atomic E-state index is -1.00. The Morgan fingerprint density at radius 2 is 1.94 bits per heavy atom. The maximum atomic E-state index is 14.3. The summed E-state index contributed by atoms with van der Waals surface area (Å²) >= 11 is 0. The number of morpholine rings is 1. The Balaban J connectivity index is 1.41. The molecular formula is C28H37FN2O5. The zero-order valence-electron chi connectivity index (χ0n) is 21.1. The molecule has 2 fully saturated rings. The van der Waals surface area contributed by atoms with Gasteiger partial charge in [-0.2, -0.15) is 0 Å². The van der Waals surface area contributed by atoms with E-state index < -0.39 is 24.2 Å². The molecule has 1 saturated carbocycles. The lowest BCUT2D eigenvalue weighted by atomic mass is 9.77. The highest BCUT2D eigenvalue weighted by Gasteiger charge is 2.52. The highest BCUT2D eigenvalue weighted by Crippen LogP contribution is 2.47. The molecule has 8 heteroatoms. The van der Waals surface area contributed by atoms with E-state index in [0.717, 1.165) is 63.4 Å². The number of unbranched alkanes of at least 4 members (excludes halogenated alkanes) is 1. The molecule has 1 saturated heterocycles. The molecule has 7 nitrogen and oxygen atoms in total. The van der Waals surface area contributed by atoms with Crippen LogP contribution in [0.3, 0.4) is 0 Å². The molecule has 0 aromatic heterocycles. The van der Waals surface area contributed by atoms with Crippen LogP contribution in [-0.4, -0.2) is 79.8 Å². The summed E-state index contributed by atoms with van der Waals surface area (Å²) in [5, 5.41) is 0. The van der Waals surface area contributed by atoms with Crippen molar-refractivity contribution in [2.75, 3.05) is 46.0 Å². The predicted octanol–water partition coefficient (Wildman–Crippen LogP) is 3.83. The molecule has 36 heavy (non-hydrogen) atoms. The maximum absolute atomic E-state index is 14.3. The maximum Gasteiger partial charge on any atom is 0.290 e. The van der Waals surface area contributed by atoms with Crippen molar-refractivity contribution >= 4 is 11.7 Å². The van der Waals surface area contributed by atoms with Gasteiger partial charge in [-0.3, -0.25) is 14.5 Å². The van der Waals surface area contributed by atoms with Crippen LogP contribution in [0.4, 0.5) is 4.39 Å². The Morgan fingerprint density at radius 3 is 2.75 bits per heavy atom. The lowest BCUT2D eigenvalue weighted by molar-refractivity contribution is -0.136. The molecule has 1 amide bonds. The first-order valence-electron chi connectivity index (χ1n) is 13.5. The average Bonchev–Trinajstić information content (AvgIpc) is 3.17. The van der Waals surface area contributed by atoms with Crippen LogP contribution in [0.15, 0.2) is 35.6 Å². The Morgan fingerprint density at radius 1 is 1.11 bits per heavy atom. The van der Waals surface area contributed by atoms with Crippen molar-refractivity contribution in [2.45, 2.75) is 63.8 Å². The smallest absolute Gasteiger partial charge is 0.290 e. The van der Waals surface area contributed by atoms with Gasteiger partial charge in [-0.25, -0.2) is 4.39 Å². The van der Waals surface area contributed by atoms with Gasteiger partial charge in [-0.05, 0) is 49.8 Å². The van der Waals surface area contributed by atoms with Gasteiger partial charge in [0.2, 0.25) is 0 Å². The highest BCUT2D eigenvalue weighted by atomic mass is 19.1. The van der Waals surface area contributed by atoms with Gasteiger partial charge in [0.1, 0.15) is 18.0 Å². The number of nitrogens with zero attached hydrogens (tertiary/aromatic N) is 2. The molecule has 196 valence electrons. The van der Waals surface area contributed by atoms with Crippen molar-refractivity contribution in [3.63, 3.8) is 0 Å². The van der Waals surface area contributed by atoms with E-state index in [0.29, 0.717) is 31.6 Å². The van der Waals surface area contributed by atoms with E-state index in [1.165, 1.54) is 0 Å². The molecular weight excluding hydrogens is 463 g/mol. The second kappa shape index (κ2) is 11.3. The van der Waals surface area contributed by atoms with Crippen molar-refractivity contribution in [2.24, 2.45) is 5.92 Å². The molecule has 0 radical (unpaired) electrons. The largest absolute Gasteiger partial charge is 0.494 e. The normalized spacial score (nSPS) is 28.7. The summed E-state index contributed by atoms with van der Waals surface area (Å²) in [5.74, 6) is 0.00460. The number of ether oxygens (including phenoxy) is 3. The molecule has 0 bridgehead atoms. The number of rotatable bonds is 9. The second-order valence-corrected chi connectivity index (χ2v) is 10.3. The van der Waals surface area contributed by atoms with Gasteiger partial charge in [0, 0.05) is 26.2 Å². The molecule has 4 aliphatic rings. The van der Waals surface area contributed by atoms with E-state index in [2.05, 4.69) is 11.8 Å². The van der Waals surface area contributed by atoms with Gasteiger partial charge in [0.25, 0.3) is 5.91 Å². The molecule has 1 aromatic rings. The molecule has 5 rings (SSSR count). The van der Waals surface area contributed by atoms with Crippen LogP contribution in [0.25, 0.3) is 0 Å². The molecule has 1 aromatic carbocycles. The minimum Gasteiger partial charge on any atom is -0.494 e. The van der Waals surface area contributed by atoms with Gasteiger partial charge >= 0.3 is 0 Å². The number of amides is 1. The topological polar surface area (TPSA) is 68.3 Å². The number of carbonyl (C=O) groups is 2. The quantitative estimate of drug-likeness (QED) is 0.480. The third-order valence-corrected chi connectivity index (χ3v) is 7.80. The van der Waals surface area contributed by atoms with Gasteiger partial charge in [0.05, 0.1) is 37.4 Å². The number of alkyl halides is 1. The van der Waals surface area contributed by atoms with Crippen LogP contribution in [0, 0.1) is 5.92 Å². The van der Waals surface area contributed by atoms with Crippen molar-refractivity contribution in [3.8, 4) is 5.75 Å². The lowest BCUT2D eigenvalue weighted by Gasteiger charge is -2.36.